The Morgan fingerprint density at radius 3 is 2.29 bits per heavy atom. The lowest BCUT2D eigenvalue weighted by molar-refractivity contribution is -0.384. The third-order valence-electron chi connectivity index (χ3n) is 4.96. The number of morpholine rings is 1. The van der Waals surface area contributed by atoms with Crippen molar-refractivity contribution in [1.82, 2.24) is 5.32 Å². The lowest BCUT2D eigenvalue weighted by Crippen LogP contribution is -2.38. The molecule has 3 rings (SSSR count). The second-order valence-corrected chi connectivity index (χ2v) is 6.77. The number of amides is 1. The number of benzene rings is 2. The Morgan fingerprint density at radius 2 is 1.74 bits per heavy atom. The molecule has 0 bridgehead atoms. The van der Waals surface area contributed by atoms with E-state index in [0.717, 1.165) is 5.56 Å². The van der Waals surface area contributed by atoms with Crippen molar-refractivity contribution in [2.24, 2.45) is 0 Å². The SMILES string of the molecule is COc1cc(CNC(=O)c2cc([N+](=O)[O-])ccc2N2CCOCC2)cc(OC)c1OC. The van der Waals surface area contributed by atoms with Gasteiger partial charge in [-0.25, -0.2) is 0 Å². The van der Waals surface area contributed by atoms with E-state index < -0.39 is 10.8 Å². The molecule has 0 spiro atoms. The number of carbonyl (C=O) groups is 1. The molecule has 2 aromatic carbocycles. The number of carbonyl (C=O) groups excluding carboxylic acids is 1. The maximum Gasteiger partial charge on any atom is 0.270 e. The molecular weight excluding hydrogens is 406 g/mol. The van der Waals surface area contributed by atoms with Gasteiger partial charge in [-0.05, 0) is 23.8 Å². The number of hydrogen-bond donors (Lipinski definition) is 1. The molecule has 1 amide bonds. The fourth-order valence-electron chi connectivity index (χ4n) is 3.41. The van der Waals surface area contributed by atoms with Crippen LogP contribution >= 0.6 is 0 Å². The quantitative estimate of drug-likeness (QED) is 0.501. The van der Waals surface area contributed by atoms with Gasteiger partial charge in [-0.1, -0.05) is 0 Å². The van der Waals surface area contributed by atoms with Gasteiger partial charge in [-0.15, -0.1) is 0 Å². The Kier molecular flexibility index (Phi) is 7.14. The first-order valence-electron chi connectivity index (χ1n) is 9.66. The molecule has 0 aromatic heterocycles. The molecule has 31 heavy (non-hydrogen) atoms. The number of nitrogens with zero attached hydrogens (tertiary/aromatic N) is 2. The van der Waals surface area contributed by atoms with Crippen LogP contribution in [0.1, 0.15) is 15.9 Å². The van der Waals surface area contributed by atoms with E-state index in [9.17, 15) is 14.9 Å². The van der Waals surface area contributed by atoms with Crippen LogP contribution in [-0.4, -0.2) is 58.5 Å². The van der Waals surface area contributed by atoms with Crippen LogP contribution in [0, 0.1) is 10.1 Å². The number of methoxy groups -OCH3 is 3. The fraction of sp³-hybridized carbons (Fsp3) is 0.381. The molecule has 1 aliphatic heterocycles. The van der Waals surface area contributed by atoms with Crippen molar-refractivity contribution in [3.8, 4) is 17.2 Å². The van der Waals surface area contributed by atoms with Crippen molar-refractivity contribution < 1.29 is 28.7 Å². The van der Waals surface area contributed by atoms with Crippen molar-refractivity contribution in [1.29, 1.82) is 0 Å². The number of rotatable bonds is 8. The summed E-state index contributed by atoms with van der Waals surface area (Å²) in [5.41, 5.74) is 1.45. The van der Waals surface area contributed by atoms with E-state index in [1.807, 2.05) is 4.90 Å². The van der Waals surface area contributed by atoms with E-state index in [4.69, 9.17) is 18.9 Å². The average Bonchev–Trinajstić information content (AvgIpc) is 2.81. The van der Waals surface area contributed by atoms with Crippen LogP contribution in [-0.2, 0) is 11.3 Å². The molecule has 0 radical (unpaired) electrons. The average molecular weight is 431 g/mol. The highest BCUT2D eigenvalue weighted by atomic mass is 16.6. The summed E-state index contributed by atoms with van der Waals surface area (Å²) in [5, 5.41) is 14.1. The first-order chi connectivity index (χ1) is 15.0. The zero-order chi connectivity index (χ0) is 22.4. The third kappa shape index (κ3) is 4.97. The smallest absolute Gasteiger partial charge is 0.270 e. The van der Waals surface area contributed by atoms with Crippen LogP contribution in [0.3, 0.4) is 0 Å². The van der Waals surface area contributed by atoms with Gasteiger partial charge in [-0.3, -0.25) is 14.9 Å². The maximum atomic E-state index is 13.0. The molecule has 10 heteroatoms. The summed E-state index contributed by atoms with van der Waals surface area (Å²) in [6.45, 7) is 2.43. The molecule has 1 saturated heterocycles. The van der Waals surface area contributed by atoms with Gasteiger partial charge < -0.3 is 29.2 Å². The van der Waals surface area contributed by atoms with E-state index in [1.54, 1.807) is 18.2 Å². The summed E-state index contributed by atoms with van der Waals surface area (Å²) in [5.74, 6) is 0.971. The van der Waals surface area contributed by atoms with Gasteiger partial charge in [0.2, 0.25) is 5.75 Å². The molecule has 2 aromatic rings. The van der Waals surface area contributed by atoms with Crippen molar-refractivity contribution in [3.05, 3.63) is 51.6 Å². The molecule has 1 heterocycles. The monoisotopic (exact) mass is 431 g/mol. The molecule has 1 fully saturated rings. The van der Waals surface area contributed by atoms with Crippen LogP contribution < -0.4 is 24.4 Å². The molecule has 0 saturated carbocycles. The molecular formula is C21H25N3O7. The molecule has 166 valence electrons. The van der Waals surface area contributed by atoms with E-state index in [1.165, 1.54) is 33.5 Å². The first-order valence-corrected chi connectivity index (χ1v) is 9.66. The number of nitro benzene ring substituents is 1. The number of non-ortho nitro benzene ring substituents is 1. The van der Waals surface area contributed by atoms with E-state index in [-0.39, 0.29) is 17.8 Å². The highest BCUT2D eigenvalue weighted by Crippen LogP contribution is 2.38. The fourth-order valence-corrected chi connectivity index (χ4v) is 3.41. The third-order valence-corrected chi connectivity index (χ3v) is 4.96. The molecule has 10 nitrogen and oxygen atoms in total. The Bertz CT molecular complexity index is 933. The van der Waals surface area contributed by atoms with Gasteiger partial charge >= 0.3 is 0 Å². The van der Waals surface area contributed by atoms with Gasteiger partial charge in [0, 0.05) is 31.8 Å². The Hall–Kier alpha value is -3.53. The molecule has 1 aliphatic rings. The lowest BCUT2D eigenvalue weighted by Gasteiger charge is -2.30. The Labute approximate surface area is 179 Å². The zero-order valence-corrected chi connectivity index (χ0v) is 17.7. The van der Waals surface area contributed by atoms with Crippen LogP contribution in [0.4, 0.5) is 11.4 Å². The van der Waals surface area contributed by atoms with E-state index in [2.05, 4.69) is 5.32 Å². The lowest BCUT2D eigenvalue weighted by atomic mass is 10.1. The van der Waals surface area contributed by atoms with Gasteiger partial charge in [0.05, 0.1) is 50.7 Å². The molecule has 0 aliphatic carbocycles. The molecule has 0 atom stereocenters. The maximum absolute atomic E-state index is 13.0. The zero-order valence-electron chi connectivity index (χ0n) is 17.7. The van der Waals surface area contributed by atoms with Crippen molar-refractivity contribution in [2.75, 3.05) is 52.5 Å². The van der Waals surface area contributed by atoms with Gasteiger partial charge in [0.15, 0.2) is 11.5 Å². The van der Waals surface area contributed by atoms with Crippen LogP contribution in [0.25, 0.3) is 0 Å². The van der Waals surface area contributed by atoms with Crippen molar-refractivity contribution in [2.45, 2.75) is 6.54 Å². The second kappa shape index (κ2) is 9.98. The normalized spacial score (nSPS) is 13.5. The number of nitro groups is 1. The van der Waals surface area contributed by atoms with Crippen LogP contribution in [0.5, 0.6) is 17.2 Å². The van der Waals surface area contributed by atoms with E-state index in [0.29, 0.717) is 49.2 Å². The van der Waals surface area contributed by atoms with E-state index >= 15 is 0 Å². The Morgan fingerprint density at radius 1 is 1.10 bits per heavy atom. The summed E-state index contributed by atoms with van der Waals surface area (Å²) in [6.07, 6.45) is 0. The van der Waals surface area contributed by atoms with Crippen LogP contribution in [0.2, 0.25) is 0 Å². The minimum Gasteiger partial charge on any atom is -0.493 e. The number of anilines is 1. The summed E-state index contributed by atoms with van der Waals surface area (Å²) in [6, 6.07) is 7.78. The van der Waals surface area contributed by atoms with Crippen molar-refractivity contribution >= 4 is 17.3 Å². The highest BCUT2D eigenvalue weighted by molar-refractivity contribution is 6.00. The van der Waals surface area contributed by atoms with Gasteiger partial charge in [0.25, 0.3) is 11.6 Å². The highest BCUT2D eigenvalue weighted by Gasteiger charge is 2.22. The standard InChI is InChI=1S/C21H25N3O7/c1-28-18-10-14(11-19(29-2)20(18)30-3)13-22-21(25)16-12-15(24(26)27)4-5-17(16)23-6-8-31-9-7-23/h4-5,10-12H,6-9,13H2,1-3H3,(H,22,25). The predicted octanol–water partition coefficient (Wildman–Crippen LogP) is 2.39. The number of hydrogen-bond acceptors (Lipinski definition) is 8. The number of nitrogens with one attached hydrogen (secondary N) is 1. The number of ether oxygens (including phenoxy) is 4. The minimum atomic E-state index is -0.515. The van der Waals surface area contributed by atoms with Gasteiger partial charge in [-0.2, -0.15) is 0 Å². The largest absolute Gasteiger partial charge is 0.493 e. The Balaban J connectivity index is 1.86. The minimum absolute atomic E-state index is 0.144. The predicted molar refractivity (Wildman–Crippen MR) is 113 cm³/mol. The summed E-state index contributed by atoms with van der Waals surface area (Å²) in [4.78, 5) is 25.7. The summed E-state index contributed by atoms with van der Waals surface area (Å²) < 4.78 is 21.4. The molecule has 1 N–H and O–H groups in total. The molecule has 0 unspecified atom stereocenters. The topological polar surface area (TPSA) is 112 Å². The first kappa shape index (κ1) is 22.2. The van der Waals surface area contributed by atoms with Crippen LogP contribution in [0.15, 0.2) is 30.3 Å². The summed E-state index contributed by atoms with van der Waals surface area (Å²) >= 11 is 0. The van der Waals surface area contributed by atoms with Crippen molar-refractivity contribution in [3.63, 3.8) is 0 Å². The van der Waals surface area contributed by atoms with Gasteiger partial charge in [0.1, 0.15) is 0 Å². The summed E-state index contributed by atoms with van der Waals surface area (Å²) in [7, 11) is 4.53. The second-order valence-electron chi connectivity index (χ2n) is 6.77.